The molecule has 0 atom stereocenters. The highest BCUT2D eigenvalue weighted by atomic mass is 16.2. The van der Waals surface area contributed by atoms with Crippen molar-refractivity contribution in [1.82, 2.24) is 0 Å². The molecule has 1 heterocycles. The predicted octanol–water partition coefficient (Wildman–Crippen LogP) is 4.97. The number of aryl methyl sites for hydroxylation is 2. The average molecular weight is 440 g/mol. The van der Waals surface area contributed by atoms with Crippen LogP contribution in [-0.4, -0.2) is 17.7 Å². The van der Waals surface area contributed by atoms with Gasteiger partial charge in [-0.05, 0) is 73.4 Å². The van der Waals surface area contributed by atoms with Gasteiger partial charge in [-0.25, -0.2) is 4.90 Å². The Kier molecular flexibility index (Phi) is 5.84. The van der Waals surface area contributed by atoms with E-state index in [-0.39, 0.29) is 17.2 Å². The summed E-state index contributed by atoms with van der Waals surface area (Å²) in [4.78, 5) is 39.7. The summed E-state index contributed by atoms with van der Waals surface area (Å²) in [6.45, 7) is 7.32. The number of benzene rings is 3. The van der Waals surface area contributed by atoms with Gasteiger partial charge in [-0.1, -0.05) is 36.4 Å². The van der Waals surface area contributed by atoms with Gasteiger partial charge in [-0.15, -0.1) is 0 Å². The maximum absolute atomic E-state index is 13.6. The highest BCUT2D eigenvalue weighted by Gasteiger charge is 2.40. The molecule has 0 radical (unpaired) electrons. The van der Waals surface area contributed by atoms with Gasteiger partial charge in [-0.3, -0.25) is 14.4 Å². The highest BCUT2D eigenvalue weighted by molar-refractivity contribution is 6.46. The lowest BCUT2D eigenvalue weighted by molar-refractivity contribution is -0.120. The van der Waals surface area contributed by atoms with Crippen molar-refractivity contribution < 1.29 is 14.4 Å². The summed E-state index contributed by atoms with van der Waals surface area (Å²) in [5, 5.41) is 5.95. The number of carbonyl (C=O) groups is 3. The monoisotopic (exact) mass is 439 g/mol. The second kappa shape index (κ2) is 8.74. The first-order valence-electron chi connectivity index (χ1n) is 10.7. The smallest absolute Gasteiger partial charge is 0.282 e. The lowest BCUT2D eigenvalue weighted by Gasteiger charge is -2.16. The van der Waals surface area contributed by atoms with Crippen molar-refractivity contribution in [3.8, 4) is 0 Å². The molecule has 0 saturated heterocycles. The number of rotatable bonds is 5. The standard InChI is InChI=1S/C27H25N3O3/c1-16-7-5-9-22(15-16)30-26(32)24(20-11-13-21(14-12-20)28-19(4)31)25(27(30)33)29-23-10-6-8-17(2)18(23)3/h5-15,29H,1-4H3,(H,28,31). The third-order valence-corrected chi connectivity index (χ3v) is 5.70. The van der Waals surface area contributed by atoms with E-state index in [4.69, 9.17) is 0 Å². The van der Waals surface area contributed by atoms with Gasteiger partial charge >= 0.3 is 0 Å². The molecule has 1 aliphatic rings. The van der Waals surface area contributed by atoms with E-state index in [1.165, 1.54) is 11.8 Å². The van der Waals surface area contributed by atoms with Crippen molar-refractivity contribution in [3.05, 3.63) is 94.7 Å². The van der Waals surface area contributed by atoms with Crippen molar-refractivity contribution in [2.45, 2.75) is 27.7 Å². The van der Waals surface area contributed by atoms with E-state index in [1.54, 1.807) is 30.3 Å². The fourth-order valence-corrected chi connectivity index (χ4v) is 3.86. The summed E-state index contributed by atoms with van der Waals surface area (Å²) in [6.07, 6.45) is 0. The van der Waals surface area contributed by atoms with Gasteiger partial charge in [0.05, 0.1) is 11.3 Å². The largest absolute Gasteiger partial charge is 0.350 e. The minimum atomic E-state index is -0.410. The van der Waals surface area contributed by atoms with Crippen LogP contribution >= 0.6 is 0 Å². The molecule has 4 rings (SSSR count). The number of amides is 3. The van der Waals surface area contributed by atoms with Crippen LogP contribution in [-0.2, 0) is 14.4 Å². The first-order chi connectivity index (χ1) is 15.8. The van der Waals surface area contributed by atoms with E-state index < -0.39 is 11.8 Å². The Morgan fingerprint density at radius 2 is 1.55 bits per heavy atom. The maximum atomic E-state index is 13.6. The molecule has 0 bridgehead atoms. The van der Waals surface area contributed by atoms with Crippen LogP contribution in [0.25, 0.3) is 5.57 Å². The number of hydrogen-bond acceptors (Lipinski definition) is 4. The summed E-state index contributed by atoms with van der Waals surface area (Å²) in [5.74, 6) is -0.991. The Morgan fingerprint density at radius 1 is 0.848 bits per heavy atom. The second-order valence-electron chi connectivity index (χ2n) is 8.17. The third-order valence-electron chi connectivity index (χ3n) is 5.70. The van der Waals surface area contributed by atoms with Crippen LogP contribution in [0.15, 0.2) is 72.4 Å². The first-order valence-corrected chi connectivity index (χ1v) is 10.7. The van der Waals surface area contributed by atoms with Gasteiger partial charge in [0.1, 0.15) is 5.70 Å². The lowest BCUT2D eigenvalue weighted by Crippen LogP contribution is -2.32. The van der Waals surface area contributed by atoms with Crippen LogP contribution in [0.5, 0.6) is 0 Å². The van der Waals surface area contributed by atoms with Gasteiger partial charge in [0.25, 0.3) is 11.8 Å². The zero-order valence-corrected chi connectivity index (χ0v) is 19.0. The van der Waals surface area contributed by atoms with Crippen LogP contribution in [0.3, 0.4) is 0 Å². The van der Waals surface area contributed by atoms with Gasteiger partial charge < -0.3 is 10.6 Å². The Hall–Kier alpha value is -4.19. The Balaban J connectivity index is 1.82. The van der Waals surface area contributed by atoms with E-state index in [9.17, 15) is 14.4 Å². The van der Waals surface area contributed by atoms with Crippen molar-refractivity contribution in [2.75, 3.05) is 15.5 Å². The van der Waals surface area contributed by atoms with Gasteiger partial charge in [-0.2, -0.15) is 0 Å². The number of carbonyl (C=O) groups excluding carboxylic acids is 3. The Morgan fingerprint density at radius 3 is 2.21 bits per heavy atom. The van der Waals surface area contributed by atoms with Gasteiger partial charge in [0.2, 0.25) is 5.91 Å². The topological polar surface area (TPSA) is 78.5 Å². The predicted molar refractivity (Wildman–Crippen MR) is 131 cm³/mol. The van der Waals surface area contributed by atoms with Crippen molar-refractivity contribution in [2.24, 2.45) is 0 Å². The van der Waals surface area contributed by atoms with Gasteiger partial charge in [0.15, 0.2) is 0 Å². The minimum Gasteiger partial charge on any atom is -0.350 e. The fourth-order valence-electron chi connectivity index (χ4n) is 3.86. The molecule has 0 spiro atoms. The van der Waals surface area contributed by atoms with Crippen LogP contribution in [0.4, 0.5) is 17.1 Å². The zero-order valence-electron chi connectivity index (χ0n) is 19.0. The van der Waals surface area contributed by atoms with E-state index in [2.05, 4.69) is 10.6 Å². The van der Waals surface area contributed by atoms with Gasteiger partial charge in [0, 0.05) is 18.3 Å². The molecule has 3 aromatic rings. The number of hydrogen-bond donors (Lipinski definition) is 2. The maximum Gasteiger partial charge on any atom is 0.282 e. The normalized spacial score (nSPS) is 13.5. The van der Waals surface area contributed by atoms with Crippen molar-refractivity contribution >= 4 is 40.4 Å². The number of imide groups is 1. The zero-order chi connectivity index (χ0) is 23.7. The second-order valence-corrected chi connectivity index (χ2v) is 8.17. The molecular formula is C27H25N3O3. The van der Waals surface area contributed by atoms with Crippen LogP contribution < -0.4 is 15.5 Å². The Bertz CT molecular complexity index is 1310. The molecule has 0 saturated carbocycles. The molecule has 166 valence electrons. The molecular weight excluding hydrogens is 414 g/mol. The fraction of sp³-hybridized carbons (Fsp3) is 0.148. The quantitative estimate of drug-likeness (QED) is 0.551. The van der Waals surface area contributed by atoms with Crippen molar-refractivity contribution in [3.63, 3.8) is 0 Å². The lowest BCUT2D eigenvalue weighted by atomic mass is 10.0. The molecule has 0 aromatic heterocycles. The van der Waals surface area contributed by atoms with E-state index in [1.807, 2.05) is 57.2 Å². The average Bonchev–Trinajstić information content (AvgIpc) is 3.01. The SMILES string of the molecule is CC(=O)Nc1ccc(C2=C(Nc3cccc(C)c3C)C(=O)N(c3cccc(C)c3)C2=O)cc1. The molecule has 0 fully saturated rings. The van der Waals surface area contributed by atoms with E-state index in [0.717, 1.165) is 22.4 Å². The Labute approximate surface area is 192 Å². The summed E-state index contributed by atoms with van der Waals surface area (Å²) < 4.78 is 0. The molecule has 6 nitrogen and oxygen atoms in total. The van der Waals surface area contributed by atoms with Crippen LogP contribution in [0.1, 0.15) is 29.2 Å². The molecule has 3 amide bonds. The molecule has 0 aliphatic carbocycles. The molecule has 33 heavy (non-hydrogen) atoms. The van der Waals surface area contributed by atoms with Crippen LogP contribution in [0, 0.1) is 20.8 Å². The summed E-state index contributed by atoms with van der Waals surface area (Å²) in [5.41, 5.74) is 6.03. The summed E-state index contributed by atoms with van der Waals surface area (Å²) in [6, 6.07) is 20.0. The molecule has 2 N–H and O–H groups in total. The minimum absolute atomic E-state index is 0.183. The van der Waals surface area contributed by atoms with E-state index in [0.29, 0.717) is 16.9 Å². The van der Waals surface area contributed by atoms with Crippen LogP contribution in [0.2, 0.25) is 0 Å². The van der Waals surface area contributed by atoms with Crippen molar-refractivity contribution in [1.29, 1.82) is 0 Å². The summed E-state index contributed by atoms with van der Waals surface area (Å²) >= 11 is 0. The summed E-state index contributed by atoms with van der Waals surface area (Å²) in [7, 11) is 0. The number of nitrogens with one attached hydrogen (secondary N) is 2. The molecule has 0 unspecified atom stereocenters. The first kappa shape index (κ1) is 22.0. The third kappa shape index (κ3) is 4.28. The molecule has 6 heteroatoms. The number of anilines is 3. The molecule has 1 aliphatic heterocycles. The molecule has 3 aromatic carbocycles. The van der Waals surface area contributed by atoms with E-state index >= 15 is 0 Å². The highest BCUT2D eigenvalue weighted by Crippen LogP contribution is 2.35. The number of nitrogens with zero attached hydrogens (tertiary/aromatic N) is 1.